The Morgan fingerprint density at radius 1 is 0.979 bits per heavy atom. The SMILES string of the molecule is NC(=S)c1ccc[n+]([C@@H]2O[C@@H](COP(=O)(O)OP(=O)(O)OC[C@@H]3O[C@@H](n4cnc5c(N)ncnc54)[C@H](OP(=O)(O)O)[C@H]3O)[C@H](O)[C@H]2O)c1. The quantitative estimate of drug-likeness (QED) is 0.0499. The van der Waals surface area contributed by atoms with Gasteiger partial charge in [0.1, 0.15) is 47.4 Å². The lowest BCUT2D eigenvalue weighted by molar-refractivity contribution is -0.765. The van der Waals surface area contributed by atoms with Crippen molar-refractivity contribution in [3.05, 3.63) is 42.7 Å². The highest BCUT2D eigenvalue weighted by Gasteiger charge is 2.51. The molecule has 0 radical (unpaired) electrons. The number of ether oxygens (including phenoxy) is 2. The summed E-state index contributed by atoms with van der Waals surface area (Å²) in [4.78, 5) is 50.8. The lowest BCUT2D eigenvalue weighted by atomic mass is 10.1. The van der Waals surface area contributed by atoms with E-state index in [-0.39, 0.29) is 22.0 Å². The number of phosphoric ester groups is 3. The van der Waals surface area contributed by atoms with Gasteiger partial charge in [-0.3, -0.25) is 18.1 Å². The summed E-state index contributed by atoms with van der Waals surface area (Å²) in [7, 11) is -16.2. The van der Waals surface area contributed by atoms with E-state index in [2.05, 4.69) is 19.3 Å². The van der Waals surface area contributed by atoms with Gasteiger partial charge in [0.2, 0.25) is 0 Å². The number of imidazole rings is 1. The van der Waals surface area contributed by atoms with Crippen molar-refractivity contribution < 1.29 is 80.5 Å². The van der Waals surface area contributed by atoms with Gasteiger partial charge in [-0.15, -0.1) is 0 Å². The zero-order chi connectivity index (χ0) is 35.2. The summed E-state index contributed by atoms with van der Waals surface area (Å²) in [5.74, 6) is -0.0510. The monoisotopic (exact) mass is 760 g/mol. The van der Waals surface area contributed by atoms with Crippen LogP contribution in [0, 0.1) is 0 Å². The number of aliphatic hydroxyl groups excluding tert-OH is 3. The minimum Gasteiger partial charge on any atom is -0.389 e. The maximum absolute atomic E-state index is 12.6. The third-order valence-corrected chi connectivity index (χ3v) is 10.3. The second kappa shape index (κ2) is 14.1. The molecule has 27 heteroatoms. The second-order valence-corrected chi connectivity index (χ2v) is 14.9. The predicted molar refractivity (Wildman–Crippen MR) is 158 cm³/mol. The minimum atomic E-state index is -5.50. The number of aliphatic hydroxyl groups is 3. The van der Waals surface area contributed by atoms with Crippen LogP contribution in [0.4, 0.5) is 5.82 Å². The van der Waals surface area contributed by atoms with Crippen LogP contribution in [0.2, 0.25) is 0 Å². The molecule has 264 valence electrons. The van der Waals surface area contributed by atoms with E-state index in [1.807, 2.05) is 0 Å². The highest BCUT2D eigenvalue weighted by atomic mass is 32.1. The molecule has 5 rings (SSSR count). The van der Waals surface area contributed by atoms with E-state index >= 15 is 0 Å². The van der Waals surface area contributed by atoms with Crippen LogP contribution >= 0.6 is 35.7 Å². The van der Waals surface area contributed by atoms with Crippen LogP contribution in [-0.4, -0.2) is 109 Å². The number of nitrogen functional groups attached to an aromatic ring is 1. The van der Waals surface area contributed by atoms with Gasteiger partial charge >= 0.3 is 23.5 Å². The first-order valence-corrected chi connectivity index (χ1v) is 18.3. The first-order valence-electron chi connectivity index (χ1n) is 13.3. The van der Waals surface area contributed by atoms with Crippen molar-refractivity contribution >= 4 is 57.7 Å². The minimum absolute atomic E-state index is 0.0112. The van der Waals surface area contributed by atoms with Crippen molar-refractivity contribution in [2.45, 2.75) is 49.1 Å². The number of fused-ring (bicyclic) bond motifs is 1. The van der Waals surface area contributed by atoms with Crippen LogP contribution in [0.3, 0.4) is 0 Å². The number of hydrogen-bond donors (Lipinski definition) is 9. The van der Waals surface area contributed by atoms with Gasteiger partial charge in [0.25, 0.3) is 6.23 Å². The number of pyridine rings is 1. The number of aromatic nitrogens is 5. The molecule has 11 N–H and O–H groups in total. The molecule has 0 amide bonds. The summed E-state index contributed by atoms with van der Waals surface area (Å²) in [6, 6.07) is 3.13. The molecule has 2 aliphatic heterocycles. The van der Waals surface area contributed by atoms with Crippen LogP contribution < -0.4 is 16.0 Å². The molecule has 0 bridgehead atoms. The summed E-state index contributed by atoms with van der Waals surface area (Å²) in [5, 5.41) is 31.6. The summed E-state index contributed by atoms with van der Waals surface area (Å²) in [6.45, 7) is -1.98. The number of rotatable bonds is 13. The van der Waals surface area contributed by atoms with Crippen molar-refractivity contribution in [1.29, 1.82) is 0 Å². The van der Waals surface area contributed by atoms with Gasteiger partial charge in [0.05, 0.1) is 25.1 Å². The molecule has 5 heterocycles. The van der Waals surface area contributed by atoms with E-state index < -0.39 is 85.8 Å². The van der Waals surface area contributed by atoms with Crippen LogP contribution in [0.5, 0.6) is 0 Å². The van der Waals surface area contributed by atoms with Gasteiger partial charge in [0, 0.05) is 6.07 Å². The Bertz CT molecular complexity index is 1820. The molecule has 48 heavy (non-hydrogen) atoms. The molecule has 3 aromatic heterocycles. The zero-order valence-electron chi connectivity index (χ0n) is 23.9. The number of phosphoric acid groups is 3. The number of hydrogen-bond acceptors (Lipinski definition) is 17. The number of nitrogens with two attached hydrogens (primary N) is 2. The molecule has 0 saturated carbocycles. The van der Waals surface area contributed by atoms with Crippen molar-refractivity contribution in [2.75, 3.05) is 18.9 Å². The summed E-state index contributed by atoms with van der Waals surface area (Å²) < 4.78 is 68.7. The van der Waals surface area contributed by atoms with Crippen molar-refractivity contribution in [2.24, 2.45) is 5.73 Å². The molecular weight excluding hydrogens is 731 g/mol. The molecule has 3 aromatic rings. The first-order chi connectivity index (χ1) is 22.4. The Kier molecular flexibility index (Phi) is 10.8. The average Bonchev–Trinajstić information content (AvgIpc) is 3.64. The Labute approximate surface area is 274 Å². The van der Waals surface area contributed by atoms with E-state index in [1.165, 1.54) is 17.0 Å². The summed E-state index contributed by atoms with van der Waals surface area (Å²) >= 11 is 4.92. The van der Waals surface area contributed by atoms with Gasteiger partial charge < -0.3 is 55.8 Å². The third-order valence-electron chi connectivity index (χ3n) is 6.98. The largest absolute Gasteiger partial charge is 0.481 e. The molecule has 0 spiro atoms. The van der Waals surface area contributed by atoms with Gasteiger partial charge in [-0.2, -0.15) is 8.88 Å². The van der Waals surface area contributed by atoms with Crippen LogP contribution in [0.15, 0.2) is 37.2 Å². The van der Waals surface area contributed by atoms with Crippen LogP contribution in [0.25, 0.3) is 11.2 Å². The van der Waals surface area contributed by atoms with Gasteiger partial charge in [-0.25, -0.2) is 28.6 Å². The van der Waals surface area contributed by atoms with Crippen molar-refractivity contribution in [1.82, 2.24) is 19.5 Å². The number of thiocarbonyl (C=S) groups is 1. The lowest BCUT2D eigenvalue weighted by Crippen LogP contribution is -2.46. The normalized spacial score (nSPS) is 30.3. The first kappa shape index (κ1) is 36.8. The van der Waals surface area contributed by atoms with Gasteiger partial charge in [-0.05, 0) is 6.07 Å². The smallest absolute Gasteiger partial charge is 0.389 e. The van der Waals surface area contributed by atoms with E-state index in [0.717, 1.165) is 17.2 Å². The standard InChI is InChI=1S/C21H28N7O16P3S/c22-17-12-19(25-7-24-17)28(8-26-12)21-16(43-45(32,33)34)14(30)11(42-21)6-40-47(37,38)44-46(35,36)39-5-10-13(29)15(31)20(41-10)27-3-1-2-9(4-27)18(23)48/h1-4,7-8,10-11,13-16,20-21,29-31H,5-6H2,(H7-,22,23,24,25,32,33,34,35,36,37,38,48)/p+1/t10-,11-,13-,14-,15+,16+,20+,21+/m0/s1. The van der Waals surface area contributed by atoms with Crippen molar-refractivity contribution in [3.63, 3.8) is 0 Å². The van der Waals surface area contributed by atoms with E-state index in [9.17, 15) is 48.6 Å². The highest BCUT2D eigenvalue weighted by Crippen LogP contribution is 2.61. The summed E-state index contributed by atoms with van der Waals surface area (Å²) in [6.07, 6.45) is -7.76. The topological polar surface area (TPSA) is 348 Å². The Hall–Kier alpha value is -2.44. The fourth-order valence-corrected chi connectivity index (χ4v) is 7.59. The molecular formula is C21H29N7O16P3S+. The molecule has 23 nitrogen and oxygen atoms in total. The number of anilines is 1. The maximum Gasteiger partial charge on any atom is 0.481 e. The molecule has 0 aromatic carbocycles. The molecule has 2 aliphatic rings. The maximum atomic E-state index is 12.6. The van der Waals surface area contributed by atoms with Crippen LogP contribution in [0.1, 0.15) is 18.0 Å². The number of nitrogens with zero attached hydrogens (tertiary/aromatic N) is 5. The molecule has 2 fully saturated rings. The fraction of sp³-hybridized carbons (Fsp3) is 0.476. The van der Waals surface area contributed by atoms with Gasteiger partial charge in [0.15, 0.2) is 36.2 Å². The predicted octanol–water partition coefficient (Wildman–Crippen LogP) is -2.36. The average molecular weight is 760 g/mol. The van der Waals surface area contributed by atoms with Crippen LogP contribution in [-0.2, 0) is 41.1 Å². The van der Waals surface area contributed by atoms with E-state index in [1.54, 1.807) is 12.1 Å². The fourth-order valence-electron chi connectivity index (χ4n) is 4.83. The second-order valence-electron chi connectivity index (χ2n) is 10.3. The summed E-state index contributed by atoms with van der Waals surface area (Å²) in [5.41, 5.74) is 11.9. The highest BCUT2D eigenvalue weighted by molar-refractivity contribution is 7.80. The van der Waals surface area contributed by atoms with E-state index in [4.69, 9.17) is 46.7 Å². The molecule has 2 unspecified atom stereocenters. The molecule has 0 aliphatic carbocycles. The molecule has 10 atom stereocenters. The Balaban J connectivity index is 1.21. The third kappa shape index (κ3) is 8.29. The Morgan fingerprint density at radius 2 is 1.62 bits per heavy atom. The van der Waals surface area contributed by atoms with E-state index in [0.29, 0.717) is 5.56 Å². The Morgan fingerprint density at radius 3 is 2.25 bits per heavy atom. The van der Waals surface area contributed by atoms with Crippen molar-refractivity contribution in [3.8, 4) is 0 Å². The van der Waals surface area contributed by atoms with Gasteiger partial charge in [-0.1, -0.05) is 12.2 Å². The molecule has 2 saturated heterocycles. The zero-order valence-corrected chi connectivity index (χ0v) is 27.4. The lowest BCUT2D eigenvalue weighted by Gasteiger charge is -2.22.